The standard InChI is InChI=1S/C14H19FN2O2.ClH/c15-12-3-1-2-11(10-12)14(5-8-19-9-6-14)17-13(18)4-7-16;/h1-3,10H,4-9,16H2,(H,17,18);1H. The van der Waals surface area contributed by atoms with E-state index < -0.39 is 5.54 Å². The van der Waals surface area contributed by atoms with Crippen molar-refractivity contribution in [1.82, 2.24) is 5.32 Å². The van der Waals surface area contributed by atoms with Gasteiger partial charge in [-0.15, -0.1) is 12.4 Å². The fourth-order valence-electron chi connectivity index (χ4n) is 2.45. The lowest BCUT2D eigenvalue weighted by molar-refractivity contribution is -0.124. The zero-order valence-corrected chi connectivity index (χ0v) is 12.0. The fraction of sp³-hybridized carbons (Fsp3) is 0.500. The second kappa shape index (κ2) is 7.57. The highest BCUT2D eigenvalue weighted by molar-refractivity contribution is 5.85. The largest absolute Gasteiger partial charge is 0.381 e. The number of hydrogen-bond acceptors (Lipinski definition) is 3. The fourth-order valence-corrected chi connectivity index (χ4v) is 2.45. The normalized spacial score (nSPS) is 17.1. The summed E-state index contributed by atoms with van der Waals surface area (Å²) in [5.74, 6) is -0.398. The van der Waals surface area contributed by atoms with Gasteiger partial charge in [-0.05, 0) is 30.5 Å². The SMILES string of the molecule is Cl.NCCC(=O)NC1(c2cccc(F)c2)CCOCC1. The Kier molecular flexibility index (Phi) is 6.39. The van der Waals surface area contributed by atoms with E-state index in [4.69, 9.17) is 10.5 Å². The highest BCUT2D eigenvalue weighted by Crippen LogP contribution is 2.32. The summed E-state index contributed by atoms with van der Waals surface area (Å²) >= 11 is 0. The van der Waals surface area contributed by atoms with Crippen LogP contribution in [0.3, 0.4) is 0 Å². The van der Waals surface area contributed by atoms with E-state index in [1.54, 1.807) is 6.07 Å². The van der Waals surface area contributed by atoms with Gasteiger partial charge in [0, 0.05) is 26.2 Å². The third-order valence-corrected chi connectivity index (χ3v) is 3.47. The zero-order chi connectivity index (χ0) is 13.7. The first-order valence-electron chi connectivity index (χ1n) is 6.51. The van der Waals surface area contributed by atoms with Crippen LogP contribution in [-0.4, -0.2) is 25.7 Å². The Morgan fingerprint density at radius 1 is 1.40 bits per heavy atom. The molecule has 1 aromatic rings. The number of carbonyl (C=O) groups is 1. The summed E-state index contributed by atoms with van der Waals surface area (Å²) in [6.45, 7) is 1.42. The van der Waals surface area contributed by atoms with Crippen LogP contribution in [0.4, 0.5) is 4.39 Å². The van der Waals surface area contributed by atoms with Crippen molar-refractivity contribution in [3.8, 4) is 0 Å². The van der Waals surface area contributed by atoms with Gasteiger partial charge in [0.15, 0.2) is 0 Å². The summed E-state index contributed by atoms with van der Waals surface area (Å²) < 4.78 is 18.8. The zero-order valence-electron chi connectivity index (χ0n) is 11.2. The predicted octanol–water partition coefficient (Wildman–Crippen LogP) is 1.72. The summed E-state index contributed by atoms with van der Waals surface area (Å²) in [4.78, 5) is 11.8. The Morgan fingerprint density at radius 2 is 2.10 bits per heavy atom. The molecule has 1 aliphatic heterocycles. The Hall–Kier alpha value is -1.17. The van der Waals surface area contributed by atoms with Crippen LogP contribution >= 0.6 is 12.4 Å². The molecule has 20 heavy (non-hydrogen) atoms. The van der Waals surface area contributed by atoms with E-state index in [-0.39, 0.29) is 30.6 Å². The molecule has 0 bridgehead atoms. The molecule has 1 aromatic carbocycles. The molecule has 112 valence electrons. The molecule has 1 aliphatic rings. The number of rotatable bonds is 4. The number of amides is 1. The average molecular weight is 303 g/mol. The van der Waals surface area contributed by atoms with Gasteiger partial charge in [0.25, 0.3) is 0 Å². The first kappa shape index (κ1) is 16.9. The molecular formula is C14H20ClFN2O2. The van der Waals surface area contributed by atoms with Gasteiger partial charge in [-0.2, -0.15) is 0 Å². The minimum atomic E-state index is -0.535. The lowest BCUT2D eigenvalue weighted by atomic mass is 9.82. The van der Waals surface area contributed by atoms with Crippen molar-refractivity contribution in [1.29, 1.82) is 0 Å². The van der Waals surface area contributed by atoms with Crippen LogP contribution < -0.4 is 11.1 Å². The summed E-state index contributed by atoms with van der Waals surface area (Å²) in [5.41, 5.74) is 5.65. The maximum atomic E-state index is 13.4. The molecule has 1 heterocycles. The molecule has 1 saturated heterocycles. The second-order valence-corrected chi connectivity index (χ2v) is 4.79. The number of ether oxygens (including phenoxy) is 1. The minimum absolute atomic E-state index is 0. The van der Waals surface area contributed by atoms with Gasteiger partial charge < -0.3 is 15.8 Å². The van der Waals surface area contributed by atoms with Crippen molar-refractivity contribution in [3.63, 3.8) is 0 Å². The van der Waals surface area contributed by atoms with E-state index in [9.17, 15) is 9.18 Å². The maximum Gasteiger partial charge on any atom is 0.221 e. The van der Waals surface area contributed by atoms with Gasteiger partial charge in [0.05, 0.1) is 5.54 Å². The molecule has 6 heteroatoms. The van der Waals surface area contributed by atoms with Crippen LogP contribution in [-0.2, 0) is 15.1 Å². The average Bonchev–Trinajstić information content (AvgIpc) is 2.40. The summed E-state index contributed by atoms with van der Waals surface area (Å²) in [6.07, 6.45) is 1.57. The van der Waals surface area contributed by atoms with Crippen molar-refractivity contribution in [2.24, 2.45) is 5.73 Å². The summed E-state index contributed by atoms with van der Waals surface area (Å²) in [5, 5.41) is 3.01. The Labute approximate surface area is 124 Å². The maximum absolute atomic E-state index is 13.4. The van der Waals surface area contributed by atoms with Gasteiger partial charge in [0.2, 0.25) is 5.91 Å². The molecule has 1 amide bonds. The lowest BCUT2D eigenvalue weighted by Gasteiger charge is -2.38. The highest BCUT2D eigenvalue weighted by Gasteiger charge is 2.35. The van der Waals surface area contributed by atoms with Crippen molar-refractivity contribution < 1.29 is 13.9 Å². The Balaban J connectivity index is 0.00000200. The van der Waals surface area contributed by atoms with Crippen LogP contribution in [0.2, 0.25) is 0 Å². The number of carbonyl (C=O) groups excluding carboxylic acids is 1. The van der Waals surface area contributed by atoms with Gasteiger partial charge in [-0.25, -0.2) is 4.39 Å². The van der Waals surface area contributed by atoms with Gasteiger partial charge in [-0.3, -0.25) is 4.79 Å². The van der Waals surface area contributed by atoms with Gasteiger partial charge in [-0.1, -0.05) is 12.1 Å². The molecule has 2 rings (SSSR count). The minimum Gasteiger partial charge on any atom is -0.381 e. The summed E-state index contributed by atoms with van der Waals surface area (Å²) in [6, 6.07) is 6.39. The third-order valence-electron chi connectivity index (χ3n) is 3.47. The van der Waals surface area contributed by atoms with Crippen LogP contribution in [0.1, 0.15) is 24.8 Å². The van der Waals surface area contributed by atoms with E-state index in [0.717, 1.165) is 5.56 Å². The quantitative estimate of drug-likeness (QED) is 0.890. The number of nitrogens with one attached hydrogen (secondary N) is 1. The first-order chi connectivity index (χ1) is 9.16. The first-order valence-corrected chi connectivity index (χ1v) is 6.51. The molecule has 3 N–H and O–H groups in total. The van der Waals surface area contributed by atoms with Crippen molar-refractivity contribution >= 4 is 18.3 Å². The molecule has 4 nitrogen and oxygen atoms in total. The second-order valence-electron chi connectivity index (χ2n) is 4.79. The molecule has 0 aliphatic carbocycles. The highest BCUT2D eigenvalue weighted by atomic mass is 35.5. The van der Waals surface area contributed by atoms with Crippen LogP contribution in [0.25, 0.3) is 0 Å². The summed E-state index contributed by atoms with van der Waals surface area (Å²) in [7, 11) is 0. The molecule has 0 radical (unpaired) electrons. The molecule has 0 unspecified atom stereocenters. The molecular weight excluding hydrogens is 283 g/mol. The van der Waals surface area contributed by atoms with E-state index in [2.05, 4.69) is 5.32 Å². The molecule has 0 saturated carbocycles. The van der Waals surface area contributed by atoms with E-state index in [0.29, 0.717) is 32.6 Å². The molecule has 0 aromatic heterocycles. The van der Waals surface area contributed by atoms with Crippen LogP contribution in [0, 0.1) is 5.82 Å². The monoisotopic (exact) mass is 302 g/mol. The molecule has 0 spiro atoms. The van der Waals surface area contributed by atoms with Gasteiger partial charge in [0.1, 0.15) is 5.82 Å². The van der Waals surface area contributed by atoms with Crippen molar-refractivity contribution in [3.05, 3.63) is 35.6 Å². The number of benzene rings is 1. The van der Waals surface area contributed by atoms with E-state index in [1.165, 1.54) is 12.1 Å². The third kappa shape index (κ3) is 3.91. The smallest absolute Gasteiger partial charge is 0.221 e. The van der Waals surface area contributed by atoms with E-state index in [1.807, 2.05) is 6.07 Å². The molecule has 1 fully saturated rings. The predicted molar refractivity (Wildman–Crippen MR) is 77.2 cm³/mol. The van der Waals surface area contributed by atoms with Crippen molar-refractivity contribution in [2.75, 3.05) is 19.8 Å². The molecule has 0 atom stereocenters. The Morgan fingerprint density at radius 3 is 2.70 bits per heavy atom. The van der Waals surface area contributed by atoms with Crippen molar-refractivity contribution in [2.45, 2.75) is 24.8 Å². The Bertz CT molecular complexity index is 451. The van der Waals surface area contributed by atoms with E-state index >= 15 is 0 Å². The topological polar surface area (TPSA) is 64.4 Å². The van der Waals surface area contributed by atoms with Gasteiger partial charge >= 0.3 is 0 Å². The van der Waals surface area contributed by atoms with Crippen LogP contribution in [0.5, 0.6) is 0 Å². The number of halogens is 2. The number of nitrogens with two attached hydrogens (primary N) is 1. The van der Waals surface area contributed by atoms with Crippen LogP contribution in [0.15, 0.2) is 24.3 Å². The lowest BCUT2D eigenvalue weighted by Crippen LogP contribution is -2.49. The number of hydrogen-bond donors (Lipinski definition) is 2.